The lowest BCUT2D eigenvalue weighted by atomic mass is 9.72. The smallest absolute Gasteiger partial charge is 0.108 e. The summed E-state index contributed by atoms with van der Waals surface area (Å²) in [5.74, 6) is 2.15. The molecule has 37 heavy (non-hydrogen) atoms. The van der Waals surface area contributed by atoms with Crippen molar-refractivity contribution in [1.29, 1.82) is 0 Å². The highest BCUT2D eigenvalue weighted by Gasteiger charge is 2.41. The number of rotatable bonds is 20. The van der Waals surface area contributed by atoms with Gasteiger partial charge in [0.1, 0.15) is 5.60 Å². The third-order valence-corrected chi connectivity index (χ3v) is 9.75. The fourth-order valence-electron chi connectivity index (χ4n) is 4.86. The molecule has 0 aromatic rings. The van der Waals surface area contributed by atoms with E-state index >= 15 is 0 Å². The quantitative estimate of drug-likeness (QED) is 0.143. The van der Waals surface area contributed by atoms with Gasteiger partial charge in [-0.1, -0.05) is 48.1 Å². The van der Waals surface area contributed by atoms with E-state index in [1.54, 1.807) is 0 Å². The normalized spacial score (nSPS) is 17.7. The van der Waals surface area contributed by atoms with E-state index in [9.17, 15) is 0 Å². The summed E-state index contributed by atoms with van der Waals surface area (Å²) >= 11 is 1.83. The number of ether oxygens (including phenoxy) is 4. The Hall–Kier alpha value is -0.230. The molecule has 0 heterocycles. The average Bonchev–Trinajstić information content (AvgIpc) is 2.71. The molecule has 0 radical (unpaired) electrons. The van der Waals surface area contributed by atoms with Gasteiger partial charge < -0.3 is 18.9 Å². The molecule has 0 rings (SSSR count). The summed E-state index contributed by atoms with van der Waals surface area (Å²) in [4.78, 5) is 0. The molecule has 0 bridgehead atoms. The lowest BCUT2D eigenvalue weighted by Gasteiger charge is -2.45. The van der Waals surface area contributed by atoms with Gasteiger partial charge in [0.05, 0.1) is 35.8 Å². The minimum Gasteiger partial charge on any atom is -0.493 e. The molecule has 0 aromatic heterocycles. The summed E-state index contributed by atoms with van der Waals surface area (Å²) < 4.78 is 25.3. The van der Waals surface area contributed by atoms with Gasteiger partial charge in [0, 0.05) is 18.8 Å². The van der Waals surface area contributed by atoms with Crippen LogP contribution in [-0.4, -0.2) is 54.2 Å². The molecule has 0 aliphatic heterocycles. The molecule has 0 saturated carbocycles. The number of hydrogen-bond acceptors (Lipinski definition) is 5. The number of thioether (sulfide) groups is 1. The van der Waals surface area contributed by atoms with Crippen LogP contribution in [0.5, 0.6) is 0 Å². The van der Waals surface area contributed by atoms with E-state index in [1.165, 1.54) is 0 Å². The molecule has 4 unspecified atom stereocenters. The molecule has 0 aliphatic carbocycles. The largest absolute Gasteiger partial charge is 0.493 e. The molecule has 0 amide bonds. The number of hydrogen-bond donors (Lipinski definition) is 0. The molecule has 0 spiro atoms. The average molecular weight is 545 g/mol. The fraction of sp³-hybridized carbons (Fsp3) is 0.938. The highest BCUT2D eigenvalue weighted by Crippen LogP contribution is 2.41. The Morgan fingerprint density at radius 1 is 0.892 bits per heavy atom. The molecule has 5 heteroatoms. The van der Waals surface area contributed by atoms with E-state index < -0.39 is 0 Å². The lowest BCUT2D eigenvalue weighted by molar-refractivity contribution is -0.153. The van der Waals surface area contributed by atoms with Crippen molar-refractivity contribution >= 4 is 11.8 Å². The summed E-state index contributed by atoms with van der Waals surface area (Å²) in [6, 6.07) is 0. The second-order valence-electron chi connectivity index (χ2n) is 14.0. The predicted molar refractivity (Wildman–Crippen MR) is 164 cm³/mol. The summed E-state index contributed by atoms with van der Waals surface area (Å²) in [7, 11) is 0. The van der Waals surface area contributed by atoms with Crippen LogP contribution in [0.3, 0.4) is 0 Å². The van der Waals surface area contributed by atoms with Gasteiger partial charge in [-0.3, -0.25) is 0 Å². The molecule has 0 N–H and O–H groups in total. The molecule has 0 aromatic carbocycles. The van der Waals surface area contributed by atoms with Gasteiger partial charge >= 0.3 is 0 Å². The van der Waals surface area contributed by atoms with E-state index in [-0.39, 0.29) is 39.8 Å². The Labute approximate surface area is 236 Å². The monoisotopic (exact) mass is 544 g/mol. The molecular weight excluding hydrogens is 480 g/mol. The second kappa shape index (κ2) is 15.0. The Kier molecular flexibility index (Phi) is 14.9. The van der Waals surface area contributed by atoms with Crippen molar-refractivity contribution in [2.45, 2.75) is 152 Å². The van der Waals surface area contributed by atoms with E-state index in [0.717, 1.165) is 43.8 Å². The van der Waals surface area contributed by atoms with Crippen LogP contribution in [0.4, 0.5) is 0 Å². The minimum absolute atomic E-state index is 0.0132. The SMILES string of the molecule is C=C(C)OC(C)(CC)CCOC(C)C(C)C(C)(C)CC(C)OC(C)(C)C(C)(C)CCOC(C)(C)CSC. The fourth-order valence-corrected chi connectivity index (χ4v) is 5.64. The highest BCUT2D eigenvalue weighted by molar-refractivity contribution is 7.98. The van der Waals surface area contributed by atoms with Crippen molar-refractivity contribution in [3.05, 3.63) is 12.3 Å². The van der Waals surface area contributed by atoms with Crippen molar-refractivity contribution < 1.29 is 18.9 Å². The zero-order chi connectivity index (χ0) is 29.3. The molecule has 0 aliphatic rings. The first-order valence-corrected chi connectivity index (χ1v) is 15.8. The first-order chi connectivity index (χ1) is 16.6. The zero-order valence-electron chi connectivity index (χ0n) is 27.4. The Balaban J connectivity index is 4.94. The summed E-state index contributed by atoms with van der Waals surface area (Å²) in [5.41, 5.74) is -0.526. The second-order valence-corrected chi connectivity index (χ2v) is 14.9. The Bertz CT molecular complexity index is 670. The maximum absolute atomic E-state index is 6.75. The van der Waals surface area contributed by atoms with Crippen LogP contribution in [0, 0.1) is 16.7 Å². The third-order valence-electron chi connectivity index (χ3n) is 8.77. The van der Waals surface area contributed by atoms with Crippen LogP contribution in [0.2, 0.25) is 0 Å². The van der Waals surface area contributed by atoms with Crippen molar-refractivity contribution in [1.82, 2.24) is 0 Å². The zero-order valence-corrected chi connectivity index (χ0v) is 28.2. The van der Waals surface area contributed by atoms with Crippen LogP contribution in [-0.2, 0) is 18.9 Å². The van der Waals surface area contributed by atoms with E-state index in [2.05, 4.69) is 103 Å². The predicted octanol–water partition coefficient (Wildman–Crippen LogP) is 9.31. The van der Waals surface area contributed by atoms with Crippen LogP contribution < -0.4 is 0 Å². The Morgan fingerprint density at radius 2 is 1.46 bits per heavy atom. The summed E-state index contributed by atoms with van der Waals surface area (Å²) in [6.45, 7) is 36.4. The standard InChI is InChI=1S/C32H64O4S/c1-17-32(15,35-24(2)3)19-20-33-27(6)26(5)28(7,8)22-25(4)36-31(13,14)29(9,10)18-21-34-30(11,12)23-37-16/h25-27H,2,17-23H2,1,3-16H3. The van der Waals surface area contributed by atoms with Crippen molar-refractivity contribution in [3.8, 4) is 0 Å². The van der Waals surface area contributed by atoms with Crippen LogP contribution >= 0.6 is 11.8 Å². The lowest BCUT2D eigenvalue weighted by Crippen LogP contribution is -2.46. The van der Waals surface area contributed by atoms with Gasteiger partial charge in [0.2, 0.25) is 0 Å². The van der Waals surface area contributed by atoms with E-state index in [1.807, 2.05) is 18.7 Å². The minimum atomic E-state index is -0.269. The third kappa shape index (κ3) is 13.1. The van der Waals surface area contributed by atoms with E-state index in [0.29, 0.717) is 12.5 Å². The van der Waals surface area contributed by atoms with Crippen molar-refractivity contribution in [3.63, 3.8) is 0 Å². The van der Waals surface area contributed by atoms with Gasteiger partial charge in [0.15, 0.2) is 0 Å². The van der Waals surface area contributed by atoms with Gasteiger partial charge in [-0.05, 0) is 97.7 Å². The van der Waals surface area contributed by atoms with Crippen LogP contribution in [0.15, 0.2) is 12.3 Å². The van der Waals surface area contributed by atoms with Crippen LogP contribution in [0.25, 0.3) is 0 Å². The maximum Gasteiger partial charge on any atom is 0.108 e. The maximum atomic E-state index is 6.75. The van der Waals surface area contributed by atoms with E-state index in [4.69, 9.17) is 18.9 Å². The summed E-state index contributed by atoms with van der Waals surface area (Å²) in [5, 5.41) is 0. The van der Waals surface area contributed by atoms with Crippen molar-refractivity contribution in [2.24, 2.45) is 16.7 Å². The van der Waals surface area contributed by atoms with Crippen molar-refractivity contribution in [2.75, 3.05) is 25.2 Å². The topological polar surface area (TPSA) is 36.9 Å². The number of allylic oxidation sites excluding steroid dienone is 1. The first kappa shape index (κ1) is 36.8. The molecule has 4 atom stereocenters. The van der Waals surface area contributed by atoms with Gasteiger partial charge in [0.25, 0.3) is 0 Å². The first-order valence-electron chi connectivity index (χ1n) is 14.4. The van der Waals surface area contributed by atoms with Gasteiger partial charge in [-0.25, -0.2) is 0 Å². The van der Waals surface area contributed by atoms with Gasteiger partial charge in [-0.2, -0.15) is 11.8 Å². The van der Waals surface area contributed by atoms with Gasteiger partial charge in [-0.15, -0.1) is 0 Å². The Morgan fingerprint density at radius 3 is 1.95 bits per heavy atom. The molecule has 0 fully saturated rings. The molecule has 222 valence electrons. The molecule has 4 nitrogen and oxygen atoms in total. The highest BCUT2D eigenvalue weighted by atomic mass is 32.2. The molecule has 0 saturated heterocycles. The molecular formula is C32H64O4S. The van der Waals surface area contributed by atoms with Crippen LogP contribution in [0.1, 0.15) is 123 Å². The summed E-state index contributed by atoms with van der Waals surface area (Å²) in [6.07, 6.45) is 6.14.